The van der Waals surface area contributed by atoms with Crippen LogP contribution in [0.25, 0.3) is 0 Å². The number of likely N-dealkylation sites (N-methyl/N-ethyl adjacent to an activating group) is 1. The van der Waals surface area contributed by atoms with E-state index in [1.54, 1.807) is 36.0 Å². The molecule has 4 rings (SSSR count). The highest BCUT2D eigenvalue weighted by atomic mass is 35.5. The third-order valence-electron chi connectivity index (χ3n) is 4.84. The lowest BCUT2D eigenvalue weighted by atomic mass is 9.94. The number of carbonyl (C=O) groups is 2. The number of oxazole rings is 1. The number of carbonyl (C=O) groups excluding carboxylic acids is 2. The van der Waals surface area contributed by atoms with Crippen molar-refractivity contribution in [2.75, 3.05) is 7.05 Å². The van der Waals surface area contributed by atoms with Crippen molar-refractivity contribution >= 4 is 47.0 Å². The van der Waals surface area contributed by atoms with Crippen molar-refractivity contribution in [1.82, 2.24) is 9.80 Å². The summed E-state index contributed by atoms with van der Waals surface area (Å²) in [6, 6.07) is 4.16. The Balaban J connectivity index is 1.70. The van der Waals surface area contributed by atoms with Gasteiger partial charge in [-0.15, -0.1) is 0 Å². The first kappa shape index (κ1) is 19.0. The molecule has 1 fully saturated rings. The van der Waals surface area contributed by atoms with Crippen LogP contribution in [0, 0.1) is 0 Å². The molecule has 0 N–H and O–H groups in total. The molecule has 7 nitrogen and oxygen atoms in total. The van der Waals surface area contributed by atoms with Crippen LogP contribution in [0.5, 0.6) is 0 Å². The molecule has 0 aliphatic carbocycles. The summed E-state index contributed by atoms with van der Waals surface area (Å²) in [6.07, 6.45) is 1.79. The van der Waals surface area contributed by atoms with Gasteiger partial charge in [0, 0.05) is 17.5 Å². The number of fused-ring (bicyclic) bond motifs is 3. The van der Waals surface area contributed by atoms with E-state index in [0.717, 1.165) is 0 Å². The zero-order valence-corrected chi connectivity index (χ0v) is 17.4. The van der Waals surface area contributed by atoms with Gasteiger partial charge in [-0.25, -0.2) is 4.79 Å². The normalized spacial score (nSPS) is 19.1. The predicted octanol–water partition coefficient (Wildman–Crippen LogP) is 3.85. The van der Waals surface area contributed by atoms with Crippen molar-refractivity contribution in [3.05, 3.63) is 45.8 Å². The molecule has 1 saturated heterocycles. The maximum absolute atomic E-state index is 13.2. The summed E-state index contributed by atoms with van der Waals surface area (Å²) in [5.41, 5.74) is 0.474. The molecule has 0 radical (unpaired) electrons. The van der Waals surface area contributed by atoms with E-state index < -0.39 is 12.1 Å². The molecule has 0 saturated carbocycles. The molecule has 1 unspecified atom stereocenters. The minimum absolute atomic E-state index is 0.0859. The number of imide groups is 1. The topological polar surface area (TPSA) is 70.0 Å². The molecule has 1 aromatic heterocycles. The SMILES string of the molecule is CN1C(=O)N(Cc2ccc(Cl)c(Cl)c2)C(=O)C2C1=Nc1oc(C(C)(C)C)c[n+]12. The van der Waals surface area contributed by atoms with E-state index in [0.29, 0.717) is 33.2 Å². The highest BCUT2D eigenvalue weighted by molar-refractivity contribution is 6.42. The monoisotopic (exact) mass is 421 g/mol. The average Bonchev–Trinajstić information content (AvgIpc) is 3.17. The first-order valence-electron chi connectivity index (χ1n) is 8.75. The van der Waals surface area contributed by atoms with Crippen molar-refractivity contribution in [3.63, 3.8) is 0 Å². The summed E-state index contributed by atoms with van der Waals surface area (Å²) < 4.78 is 7.51. The summed E-state index contributed by atoms with van der Waals surface area (Å²) in [5.74, 6) is 0.714. The maximum atomic E-state index is 13.2. The van der Waals surface area contributed by atoms with Gasteiger partial charge < -0.3 is 4.42 Å². The summed E-state index contributed by atoms with van der Waals surface area (Å²) in [7, 11) is 1.60. The lowest BCUT2D eigenvalue weighted by molar-refractivity contribution is -0.679. The third kappa shape index (κ3) is 2.89. The second-order valence-corrected chi connectivity index (χ2v) is 8.74. The van der Waals surface area contributed by atoms with E-state index >= 15 is 0 Å². The lowest BCUT2D eigenvalue weighted by Crippen LogP contribution is -2.62. The summed E-state index contributed by atoms with van der Waals surface area (Å²) in [6.45, 7) is 6.13. The van der Waals surface area contributed by atoms with Crippen LogP contribution in [0.1, 0.15) is 38.1 Å². The van der Waals surface area contributed by atoms with Gasteiger partial charge in [0.25, 0.3) is 17.8 Å². The van der Waals surface area contributed by atoms with Crippen molar-refractivity contribution in [2.24, 2.45) is 4.99 Å². The fraction of sp³-hybridized carbons (Fsp3) is 0.368. The van der Waals surface area contributed by atoms with Gasteiger partial charge in [-0.2, -0.15) is 4.57 Å². The van der Waals surface area contributed by atoms with Crippen molar-refractivity contribution in [1.29, 1.82) is 0 Å². The number of aromatic nitrogens is 1. The van der Waals surface area contributed by atoms with Crippen LogP contribution >= 0.6 is 23.2 Å². The molecule has 0 spiro atoms. The molecule has 1 aromatic carbocycles. The van der Waals surface area contributed by atoms with E-state index in [9.17, 15) is 9.59 Å². The molecule has 3 heterocycles. The van der Waals surface area contributed by atoms with Crippen molar-refractivity contribution in [3.8, 4) is 0 Å². The van der Waals surface area contributed by atoms with Gasteiger partial charge in [-0.05, 0) is 17.7 Å². The predicted molar refractivity (Wildman–Crippen MR) is 104 cm³/mol. The highest BCUT2D eigenvalue weighted by Gasteiger charge is 2.55. The first-order chi connectivity index (χ1) is 13.1. The first-order valence-corrected chi connectivity index (χ1v) is 9.50. The van der Waals surface area contributed by atoms with Crippen LogP contribution in [-0.2, 0) is 16.8 Å². The Labute approximate surface area is 172 Å². The van der Waals surface area contributed by atoms with Crippen LogP contribution < -0.4 is 4.57 Å². The van der Waals surface area contributed by atoms with Crippen LogP contribution in [-0.4, -0.2) is 34.6 Å². The standard InChI is InChI=1S/C19H19Cl2N4O3/c1-19(2,3)13-9-24-14-15(22-17(24)28-13)23(4)18(27)25(16(14)26)8-10-5-6-11(20)12(21)7-10/h5-7,9,14H,8H2,1-4H3/q+1. The number of amidine groups is 1. The second kappa shape index (κ2) is 6.32. The molecular formula is C19H19Cl2N4O3+. The molecule has 28 heavy (non-hydrogen) atoms. The number of benzene rings is 1. The van der Waals surface area contributed by atoms with Gasteiger partial charge in [-0.1, -0.05) is 50.0 Å². The summed E-state index contributed by atoms with van der Waals surface area (Å²) in [4.78, 5) is 33.0. The average molecular weight is 422 g/mol. The van der Waals surface area contributed by atoms with E-state index in [-0.39, 0.29) is 17.9 Å². The van der Waals surface area contributed by atoms with E-state index in [1.807, 2.05) is 20.8 Å². The highest BCUT2D eigenvalue weighted by Crippen LogP contribution is 2.33. The third-order valence-corrected chi connectivity index (χ3v) is 5.58. The number of amides is 3. The molecule has 146 valence electrons. The minimum Gasteiger partial charge on any atom is -0.389 e. The number of rotatable bonds is 2. The van der Waals surface area contributed by atoms with Gasteiger partial charge in [-0.3, -0.25) is 14.6 Å². The van der Waals surface area contributed by atoms with E-state index in [2.05, 4.69) is 4.99 Å². The molecule has 3 amide bonds. The Bertz CT molecular complexity index is 1040. The van der Waals surface area contributed by atoms with Crippen LogP contribution in [0.2, 0.25) is 10.0 Å². The zero-order valence-electron chi connectivity index (χ0n) is 15.9. The molecule has 1 atom stereocenters. The maximum Gasteiger partial charge on any atom is 0.506 e. The van der Waals surface area contributed by atoms with Gasteiger partial charge in [0.15, 0.2) is 5.76 Å². The van der Waals surface area contributed by atoms with Crippen LogP contribution in [0.3, 0.4) is 0 Å². The van der Waals surface area contributed by atoms with Crippen molar-refractivity contribution in [2.45, 2.75) is 38.8 Å². The molecule has 0 bridgehead atoms. The zero-order chi connectivity index (χ0) is 20.4. The lowest BCUT2D eigenvalue weighted by Gasteiger charge is -2.32. The number of halogens is 2. The Morgan fingerprint density at radius 1 is 1.21 bits per heavy atom. The van der Waals surface area contributed by atoms with Gasteiger partial charge in [0.05, 0.1) is 16.6 Å². The van der Waals surface area contributed by atoms with E-state index in [4.69, 9.17) is 27.6 Å². The van der Waals surface area contributed by atoms with Gasteiger partial charge in [0.2, 0.25) is 0 Å². The second-order valence-electron chi connectivity index (χ2n) is 7.92. The molecular weight excluding hydrogens is 403 g/mol. The molecule has 2 aliphatic heterocycles. The van der Waals surface area contributed by atoms with Crippen LogP contribution in [0.15, 0.2) is 33.8 Å². The number of hydrogen-bond acceptors (Lipinski definition) is 4. The minimum atomic E-state index is -0.736. The smallest absolute Gasteiger partial charge is 0.389 e. The number of urea groups is 1. The molecule has 9 heteroatoms. The summed E-state index contributed by atoms with van der Waals surface area (Å²) in [5, 5.41) is 0.784. The van der Waals surface area contributed by atoms with Gasteiger partial charge in [0.1, 0.15) is 6.20 Å². The van der Waals surface area contributed by atoms with Gasteiger partial charge >= 0.3 is 12.0 Å². The quantitative estimate of drug-likeness (QED) is 0.691. The summed E-state index contributed by atoms with van der Waals surface area (Å²) >= 11 is 12.0. The Hall–Kier alpha value is -2.38. The Morgan fingerprint density at radius 2 is 1.93 bits per heavy atom. The fourth-order valence-corrected chi connectivity index (χ4v) is 3.55. The fourth-order valence-electron chi connectivity index (χ4n) is 3.23. The van der Waals surface area contributed by atoms with Crippen molar-refractivity contribution < 1.29 is 18.6 Å². The number of nitrogens with zero attached hydrogens (tertiary/aromatic N) is 4. The largest absolute Gasteiger partial charge is 0.506 e. The molecule has 2 aliphatic rings. The van der Waals surface area contributed by atoms with Crippen LogP contribution in [0.4, 0.5) is 10.8 Å². The Kier molecular flexibility index (Phi) is 4.28. The number of hydrogen-bond donors (Lipinski definition) is 0. The van der Waals surface area contributed by atoms with E-state index in [1.165, 1.54) is 9.80 Å². The Morgan fingerprint density at radius 3 is 2.57 bits per heavy atom. The molecule has 2 aromatic rings. The number of aliphatic imine (C=N–C) groups is 1.